The number of hydrogen-bond acceptors (Lipinski definition) is 15. The number of anilines is 8. The van der Waals surface area contributed by atoms with Gasteiger partial charge in [0.15, 0.2) is 19.7 Å². The molecular formula is C74H89Cl5N10O11S5. The Morgan fingerprint density at radius 2 is 0.743 bits per heavy atom. The molecule has 0 bridgehead atoms. The van der Waals surface area contributed by atoms with Crippen molar-refractivity contribution in [2.45, 2.75) is 99.3 Å². The van der Waals surface area contributed by atoms with Gasteiger partial charge in [-0.05, 0) is 177 Å². The highest BCUT2D eigenvalue weighted by atomic mass is 35.5. The Bertz CT molecular complexity index is 4470. The lowest BCUT2D eigenvalue weighted by Gasteiger charge is -2.27. The molecule has 0 radical (unpaired) electrons. The molecule has 2 fully saturated rings. The van der Waals surface area contributed by atoms with E-state index in [1.165, 1.54) is 43.8 Å². The molecule has 5 heterocycles. The molecule has 10 rings (SSSR count). The van der Waals surface area contributed by atoms with Gasteiger partial charge in [-0.15, -0.1) is 34.0 Å². The topological polar surface area (TPSA) is 290 Å². The zero-order chi connectivity index (χ0) is 77.9. The first kappa shape index (κ1) is 86.3. The van der Waals surface area contributed by atoms with E-state index in [0.717, 1.165) is 42.6 Å². The van der Waals surface area contributed by atoms with Crippen molar-refractivity contribution >= 4 is 191 Å². The summed E-state index contributed by atoms with van der Waals surface area (Å²) in [5.74, 6) is -1.79. The third-order valence-corrected chi connectivity index (χ3v) is 24.5. The summed E-state index contributed by atoms with van der Waals surface area (Å²) in [6.07, 6.45) is 0. The molecule has 8 aromatic rings. The Morgan fingerprint density at radius 1 is 0.448 bits per heavy atom. The van der Waals surface area contributed by atoms with E-state index < -0.39 is 31.7 Å². The van der Waals surface area contributed by atoms with Crippen LogP contribution in [0.1, 0.15) is 129 Å². The Kier molecular flexibility index (Phi) is 31.4. The second kappa shape index (κ2) is 38.3. The highest BCUT2D eigenvalue weighted by molar-refractivity contribution is 7.91. The van der Waals surface area contributed by atoms with Crippen LogP contribution in [0.5, 0.6) is 0 Å². The summed E-state index contributed by atoms with van der Waals surface area (Å²) in [6.45, 7) is 26.4. The van der Waals surface area contributed by atoms with E-state index >= 15 is 0 Å². The summed E-state index contributed by atoms with van der Waals surface area (Å²) < 4.78 is 46.9. The first-order valence-electron chi connectivity index (χ1n) is 33.3. The van der Waals surface area contributed by atoms with Crippen molar-refractivity contribution in [1.29, 1.82) is 0 Å². The molecule has 31 heteroatoms. The minimum absolute atomic E-state index is 0.0448. The third-order valence-electron chi connectivity index (χ3n) is 15.6. The first-order valence-corrected chi connectivity index (χ1v) is 41.3. The van der Waals surface area contributed by atoms with Crippen LogP contribution in [0.3, 0.4) is 0 Å². The maximum atomic E-state index is 13.3. The van der Waals surface area contributed by atoms with Crippen LogP contribution in [0.2, 0.25) is 25.1 Å². The SMILES string of the molecule is CC(C)(C)c1cc(C(=O)N2CCS(=O)(=O)CC2)c(NC(=O)Nc2ccc(Cl)cc2)s1.CCN(C(=O)Nc1sc(C(C)(C)C)cc1C(=O)N1CCS(=O)(=O)CC1)c1ccc(Cl)cc1.CCN(C(=O)Nc1sc(C(C)(C)C)cc1C(=O)O)c1ccc(Cl)cc1.CCNc1ccc(Cl)cc1.Nc1ccc(Cl)cc1. The number of benzene rings is 5. The number of halogens is 5. The van der Waals surface area contributed by atoms with Gasteiger partial charge in [0.05, 0.1) is 39.7 Å². The van der Waals surface area contributed by atoms with Gasteiger partial charge in [0.25, 0.3) is 11.8 Å². The molecule has 21 nitrogen and oxygen atoms in total. The molecule has 566 valence electrons. The van der Waals surface area contributed by atoms with Gasteiger partial charge >= 0.3 is 24.1 Å². The van der Waals surface area contributed by atoms with Crippen molar-refractivity contribution in [1.82, 2.24) is 9.80 Å². The number of urea groups is 3. The largest absolute Gasteiger partial charge is 0.478 e. The molecule has 5 aromatic carbocycles. The van der Waals surface area contributed by atoms with Gasteiger partial charge in [-0.2, -0.15) is 0 Å². The maximum Gasteiger partial charge on any atom is 0.338 e. The van der Waals surface area contributed by atoms with Crippen molar-refractivity contribution in [3.63, 3.8) is 0 Å². The summed E-state index contributed by atoms with van der Waals surface area (Å²) in [6, 6.07) is 39.3. The van der Waals surface area contributed by atoms with Crippen LogP contribution < -0.4 is 42.1 Å². The minimum atomic E-state index is -3.10. The summed E-state index contributed by atoms with van der Waals surface area (Å²) in [7, 11) is -6.20. The van der Waals surface area contributed by atoms with Crippen LogP contribution >= 0.6 is 92.0 Å². The van der Waals surface area contributed by atoms with Crippen LogP contribution in [0.15, 0.2) is 140 Å². The number of thiophene rings is 3. The predicted octanol–water partition coefficient (Wildman–Crippen LogP) is 19.0. The number of hydrogen-bond donors (Lipinski definition) is 7. The van der Waals surface area contributed by atoms with Gasteiger partial charge < -0.3 is 31.3 Å². The lowest BCUT2D eigenvalue weighted by molar-refractivity contribution is 0.0696. The number of carboxylic acids is 1. The van der Waals surface area contributed by atoms with Gasteiger partial charge in [-0.3, -0.25) is 35.3 Å². The number of nitrogens with one attached hydrogen (secondary N) is 5. The summed E-state index contributed by atoms with van der Waals surface area (Å²) >= 11 is 33.0. The number of nitrogens with two attached hydrogens (primary N) is 1. The van der Waals surface area contributed by atoms with Gasteiger partial charge in [0, 0.05) is 114 Å². The molecule has 2 aliphatic heterocycles. The van der Waals surface area contributed by atoms with E-state index in [1.54, 1.807) is 119 Å². The normalized spacial score (nSPS) is 13.8. The zero-order valence-electron chi connectivity index (χ0n) is 60.4. The van der Waals surface area contributed by atoms with Gasteiger partial charge in [-0.1, -0.05) is 120 Å². The zero-order valence-corrected chi connectivity index (χ0v) is 68.2. The monoisotopic (exact) mass is 1630 g/mol. The molecular weight excluding hydrogens is 1540 g/mol. The molecule has 8 N–H and O–H groups in total. The van der Waals surface area contributed by atoms with Gasteiger partial charge in [0.1, 0.15) is 15.0 Å². The number of rotatable bonds is 13. The first-order chi connectivity index (χ1) is 49.1. The summed E-state index contributed by atoms with van der Waals surface area (Å²) in [5.41, 5.74) is 9.42. The smallest absolute Gasteiger partial charge is 0.338 e. The molecule has 105 heavy (non-hydrogen) atoms. The van der Waals surface area contributed by atoms with E-state index in [1.807, 2.05) is 106 Å². The van der Waals surface area contributed by atoms with Crippen LogP contribution in [0.25, 0.3) is 0 Å². The molecule has 2 saturated heterocycles. The number of carbonyl (C=O) groups excluding carboxylic acids is 5. The predicted molar refractivity (Wildman–Crippen MR) is 438 cm³/mol. The Morgan fingerprint density at radius 3 is 1.05 bits per heavy atom. The molecule has 3 aromatic heterocycles. The van der Waals surface area contributed by atoms with Crippen LogP contribution in [-0.4, -0.2) is 136 Å². The standard InChI is InChI=1S/C22H28ClN3O4S2.C20H24ClN3O4S2.C18H21ClN2O3S.C8H10ClN.C6H6ClN/c1-5-26(16-8-6-15(23)7-9-16)21(28)24-19-17(14-18(31-19)22(2,3)4)20(27)25-10-12-32(29,30)13-11-25;1-20(2,3)16-12-15(18(25)24-8-10-30(27,28)11-9-24)17(29-16)23-19(26)22-14-6-4-13(21)5-7-14;1-5-21(12-8-6-11(19)7-9-12)17(24)20-15-13(16(22)23)10-14(25-15)18(2,3)4;1-2-10-8-5-3-7(9)4-6-8;7-5-1-3-6(8)4-2-5/h6-9,14H,5,10-13H2,1-4H3,(H,24,28);4-7,12H,8-11H2,1-3H3,(H2,22,23,26);6-10H,5H2,1-4H3,(H,20,24)(H,22,23);3-6,10H,2H2,1H3;1-4H,8H2. The number of nitrogens with zero attached hydrogens (tertiary/aromatic N) is 4. The average molecular weight is 1630 g/mol. The van der Waals surface area contributed by atoms with E-state index in [2.05, 4.69) is 33.5 Å². The van der Waals surface area contributed by atoms with Gasteiger partial charge in [0.2, 0.25) is 0 Å². The molecule has 0 saturated carbocycles. The van der Waals surface area contributed by atoms with E-state index in [-0.39, 0.29) is 94.9 Å². The van der Waals surface area contributed by atoms with E-state index in [4.69, 9.17) is 63.7 Å². The van der Waals surface area contributed by atoms with Crippen LogP contribution in [0, 0.1) is 0 Å². The number of sulfone groups is 2. The van der Waals surface area contributed by atoms with E-state index in [9.17, 15) is 50.7 Å². The fraction of sp³-hybridized carbons (Fsp3) is 0.351. The lowest BCUT2D eigenvalue weighted by atomic mass is 9.94. The maximum absolute atomic E-state index is 13.3. The number of nitrogen functional groups attached to an aromatic ring is 1. The fourth-order valence-electron chi connectivity index (χ4n) is 9.70. The molecule has 0 unspecified atom stereocenters. The van der Waals surface area contributed by atoms with Crippen molar-refractivity contribution in [2.75, 3.05) is 111 Å². The second-order valence-electron chi connectivity index (χ2n) is 27.0. The van der Waals surface area contributed by atoms with Crippen molar-refractivity contribution in [2.24, 2.45) is 0 Å². The number of carboxylic acid groups (broad SMARTS) is 1. The molecule has 0 spiro atoms. The molecule has 2 aliphatic rings. The van der Waals surface area contributed by atoms with Crippen molar-refractivity contribution in [3.8, 4) is 0 Å². The fourth-order valence-corrected chi connectivity index (χ4v) is 16.0. The molecule has 0 atom stereocenters. The lowest BCUT2D eigenvalue weighted by Crippen LogP contribution is -2.44. The van der Waals surface area contributed by atoms with Crippen molar-refractivity contribution < 1.29 is 50.7 Å². The van der Waals surface area contributed by atoms with Crippen molar-refractivity contribution in [3.05, 3.63) is 196 Å². The quantitative estimate of drug-likeness (QED) is 0.0529. The van der Waals surface area contributed by atoms with Gasteiger partial charge in [-0.25, -0.2) is 36.0 Å². The molecule has 0 aliphatic carbocycles. The Balaban J connectivity index is 0.000000221. The highest BCUT2D eigenvalue weighted by Crippen LogP contribution is 2.40. The van der Waals surface area contributed by atoms with Crippen LogP contribution in [0.4, 0.5) is 57.8 Å². The number of amides is 8. The van der Waals surface area contributed by atoms with E-state index in [0.29, 0.717) is 71.3 Å². The number of aromatic carboxylic acids is 1. The summed E-state index contributed by atoms with van der Waals surface area (Å²) in [4.78, 5) is 85.1. The van der Waals surface area contributed by atoms with Crippen LogP contribution in [-0.2, 0) is 35.9 Å². The average Bonchev–Trinajstić information content (AvgIpc) is 1.68. The third kappa shape index (κ3) is 26.7. The molecule has 8 amide bonds. The number of carbonyl (C=O) groups is 6. The second-order valence-corrected chi connectivity index (χ2v) is 36.9. The summed E-state index contributed by atoms with van der Waals surface area (Å²) in [5, 5.41) is 28.2. The highest BCUT2D eigenvalue weighted by Gasteiger charge is 2.34. The Labute approximate surface area is 652 Å². The minimum Gasteiger partial charge on any atom is -0.478 e. The Hall–Kier alpha value is -7.63.